The summed E-state index contributed by atoms with van der Waals surface area (Å²) in [4.78, 5) is 75.8. The molecule has 0 unspecified atom stereocenters. The summed E-state index contributed by atoms with van der Waals surface area (Å²) in [6, 6.07) is 2.32. The molecule has 3 N–H and O–H groups in total. The van der Waals surface area contributed by atoms with Crippen molar-refractivity contribution in [1.82, 2.24) is 20.9 Å². The van der Waals surface area contributed by atoms with Crippen molar-refractivity contribution in [3.05, 3.63) is 23.8 Å². The lowest BCUT2D eigenvalue weighted by Crippen LogP contribution is -2.59. The molecule has 1 aromatic rings. The minimum atomic E-state index is -1.06. The Morgan fingerprint density at radius 3 is 2.37 bits per heavy atom. The van der Waals surface area contributed by atoms with E-state index < -0.39 is 52.6 Å². The fourth-order valence-electron chi connectivity index (χ4n) is 7.47. The van der Waals surface area contributed by atoms with Gasteiger partial charge in [-0.05, 0) is 55.6 Å². The van der Waals surface area contributed by atoms with Crippen LogP contribution in [0.5, 0.6) is 11.5 Å². The first-order valence-electron chi connectivity index (χ1n) is 18.5. The van der Waals surface area contributed by atoms with Gasteiger partial charge in [0.05, 0.1) is 32.5 Å². The van der Waals surface area contributed by atoms with Crippen LogP contribution in [-0.2, 0) is 28.8 Å². The number of hydrogen-bond acceptors (Lipinski definition) is 9. The Kier molecular flexibility index (Phi) is 12.0. The van der Waals surface area contributed by atoms with Crippen LogP contribution < -0.4 is 25.4 Å². The van der Waals surface area contributed by atoms with Crippen LogP contribution in [0, 0.1) is 11.3 Å². The lowest BCUT2D eigenvalue weighted by Gasteiger charge is -2.36. The van der Waals surface area contributed by atoms with Gasteiger partial charge in [0, 0.05) is 36.9 Å². The Hall–Kier alpha value is -4.16. The van der Waals surface area contributed by atoms with E-state index in [4.69, 9.17) is 14.3 Å². The third-order valence-electron chi connectivity index (χ3n) is 10.5. The van der Waals surface area contributed by atoms with Gasteiger partial charge in [0.25, 0.3) is 5.91 Å². The topological polar surface area (TPSA) is 165 Å². The number of methoxy groups -OCH3 is 2. The number of hydrogen-bond donors (Lipinski definition) is 3. The monoisotopic (exact) mass is 709 g/mol. The Morgan fingerprint density at radius 1 is 1.02 bits per heavy atom. The second kappa shape index (κ2) is 16.0. The third-order valence-corrected chi connectivity index (χ3v) is 10.5. The van der Waals surface area contributed by atoms with E-state index in [-0.39, 0.29) is 43.7 Å². The summed E-state index contributed by atoms with van der Waals surface area (Å²) < 4.78 is 11.0. The predicted octanol–water partition coefficient (Wildman–Crippen LogP) is 3.80. The fourth-order valence-corrected chi connectivity index (χ4v) is 7.47. The van der Waals surface area contributed by atoms with Crippen LogP contribution in [0.3, 0.4) is 0 Å². The SMILES string of the molecule is CCC[C@H](NC(=O)[C@@H]1C[C@]2(CC(c3ccc(OC)cc3OC)=NO2)CN1C(=O)[C@@H](NC(=O)CC1CCCCC1)C(C)(C)C)C(=O)C(=O)NC1CC1. The van der Waals surface area contributed by atoms with Gasteiger partial charge in [0.15, 0.2) is 5.60 Å². The molecule has 13 heteroatoms. The van der Waals surface area contributed by atoms with E-state index in [1.165, 1.54) is 11.3 Å². The molecular formula is C38H55N5O8. The van der Waals surface area contributed by atoms with Gasteiger partial charge in [-0.15, -0.1) is 0 Å². The lowest BCUT2D eigenvalue weighted by molar-refractivity contribution is -0.145. The minimum Gasteiger partial charge on any atom is -0.497 e. The molecule has 4 aliphatic rings. The molecule has 2 saturated carbocycles. The Bertz CT molecular complexity index is 1510. The predicted molar refractivity (Wildman–Crippen MR) is 190 cm³/mol. The second-order valence-electron chi connectivity index (χ2n) is 15.8. The highest BCUT2D eigenvalue weighted by Gasteiger charge is 2.56. The normalized spacial score (nSPS) is 23.1. The third kappa shape index (κ3) is 9.20. The smallest absolute Gasteiger partial charge is 0.289 e. The van der Waals surface area contributed by atoms with Crippen molar-refractivity contribution < 1.29 is 38.3 Å². The molecule has 2 aliphatic heterocycles. The highest BCUT2D eigenvalue weighted by Crippen LogP contribution is 2.41. The number of carbonyl (C=O) groups is 5. The molecule has 0 aromatic heterocycles. The zero-order valence-electron chi connectivity index (χ0n) is 31.0. The summed E-state index contributed by atoms with van der Waals surface area (Å²) in [5.41, 5.74) is -0.461. The Morgan fingerprint density at radius 2 is 1.75 bits per heavy atom. The van der Waals surface area contributed by atoms with Crippen molar-refractivity contribution >= 4 is 35.1 Å². The van der Waals surface area contributed by atoms with E-state index in [0.717, 1.165) is 38.5 Å². The maximum Gasteiger partial charge on any atom is 0.289 e. The van der Waals surface area contributed by atoms with Crippen LogP contribution in [0.25, 0.3) is 0 Å². The average Bonchev–Trinajstić information content (AvgIpc) is 3.70. The molecule has 280 valence electrons. The second-order valence-corrected chi connectivity index (χ2v) is 15.8. The largest absolute Gasteiger partial charge is 0.497 e. The van der Waals surface area contributed by atoms with Crippen LogP contribution in [0.2, 0.25) is 0 Å². The number of carbonyl (C=O) groups excluding carboxylic acids is 5. The van der Waals surface area contributed by atoms with E-state index in [9.17, 15) is 24.0 Å². The van der Waals surface area contributed by atoms with Gasteiger partial charge in [-0.1, -0.05) is 58.5 Å². The Balaban J connectivity index is 1.40. The number of amides is 4. The van der Waals surface area contributed by atoms with Crippen molar-refractivity contribution in [2.75, 3.05) is 20.8 Å². The molecule has 1 aromatic carbocycles. The number of ketones is 1. The van der Waals surface area contributed by atoms with Crippen molar-refractivity contribution in [2.24, 2.45) is 16.5 Å². The molecule has 2 heterocycles. The van der Waals surface area contributed by atoms with Crippen molar-refractivity contribution in [3.8, 4) is 11.5 Å². The molecule has 51 heavy (non-hydrogen) atoms. The van der Waals surface area contributed by atoms with Crippen LogP contribution in [-0.4, -0.2) is 90.6 Å². The summed E-state index contributed by atoms with van der Waals surface area (Å²) >= 11 is 0. The summed E-state index contributed by atoms with van der Waals surface area (Å²) in [5, 5.41) is 13.0. The summed E-state index contributed by atoms with van der Waals surface area (Å²) in [7, 11) is 3.12. The van der Waals surface area contributed by atoms with E-state index in [1.54, 1.807) is 26.4 Å². The highest BCUT2D eigenvalue weighted by molar-refractivity contribution is 6.38. The Labute approximate surface area is 300 Å². The highest BCUT2D eigenvalue weighted by atomic mass is 16.7. The van der Waals surface area contributed by atoms with Crippen LogP contribution >= 0.6 is 0 Å². The van der Waals surface area contributed by atoms with Crippen LogP contribution in [0.4, 0.5) is 0 Å². The maximum absolute atomic E-state index is 14.7. The maximum atomic E-state index is 14.7. The van der Waals surface area contributed by atoms with Crippen LogP contribution in [0.1, 0.15) is 110 Å². The minimum absolute atomic E-state index is 0.0112. The number of oxime groups is 1. The lowest BCUT2D eigenvalue weighted by atomic mass is 9.84. The van der Waals surface area contributed by atoms with Gasteiger partial charge in [-0.25, -0.2) is 0 Å². The number of likely N-dealkylation sites (tertiary alicyclic amines) is 1. The molecule has 2 aliphatic carbocycles. The summed E-state index contributed by atoms with van der Waals surface area (Å²) in [5.74, 6) is -1.16. The van der Waals surface area contributed by atoms with Gasteiger partial charge in [0.1, 0.15) is 23.6 Å². The molecule has 0 radical (unpaired) electrons. The van der Waals surface area contributed by atoms with Gasteiger partial charge < -0.3 is 35.2 Å². The van der Waals surface area contributed by atoms with Gasteiger partial charge in [-0.2, -0.15) is 0 Å². The van der Waals surface area contributed by atoms with Gasteiger partial charge >= 0.3 is 0 Å². The van der Waals surface area contributed by atoms with E-state index in [0.29, 0.717) is 35.6 Å². The van der Waals surface area contributed by atoms with Crippen LogP contribution in [0.15, 0.2) is 23.4 Å². The number of Topliss-reactive ketones (excluding diaryl/α,β-unsaturated/α-hetero) is 1. The average molecular weight is 710 g/mol. The number of nitrogens with zero attached hydrogens (tertiary/aromatic N) is 2. The molecule has 3 fully saturated rings. The molecule has 1 spiro atoms. The molecular weight excluding hydrogens is 654 g/mol. The number of ether oxygens (including phenoxy) is 2. The first-order valence-corrected chi connectivity index (χ1v) is 18.5. The number of nitrogens with one attached hydrogen (secondary N) is 3. The molecule has 5 rings (SSSR count). The summed E-state index contributed by atoms with van der Waals surface area (Å²) in [6.45, 7) is 7.54. The quantitative estimate of drug-likeness (QED) is 0.246. The molecule has 0 bridgehead atoms. The molecule has 1 saturated heterocycles. The van der Waals surface area contributed by atoms with Crippen molar-refractivity contribution in [3.63, 3.8) is 0 Å². The summed E-state index contributed by atoms with van der Waals surface area (Å²) in [6.07, 6.45) is 8.53. The van der Waals surface area contributed by atoms with Crippen molar-refractivity contribution in [1.29, 1.82) is 0 Å². The van der Waals surface area contributed by atoms with E-state index >= 15 is 0 Å². The number of rotatable bonds is 14. The molecule has 4 amide bonds. The number of benzene rings is 1. The van der Waals surface area contributed by atoms with Gasteiger partial charge in [-0.3, -0.25) is 24.0 Å². The fraction of sp³-hybridized carbons (Fsp3) is 0.684. The van der Waals surface area contributed by atoms with E-state index in [1.807, 2.05) is 33.8 Å². The van der Waals surface area contributed by atoms with E-state index in [2.05, 4.69) is 21.1 Å². The van der Waals surface area contributed by atoms with Crippen molar-refractivity contribution in [2.45, 2.75) is 135 Å². The zero-order valence-corrected chi connectivity index (χ0v) is 31.0. The first kappa shape index (κ1) is 38.1. The van der Waals surface area contributed by atoms with Gasteiger partial charge in [0.2, 0.25) is 23.5 Å². The zero-order chi connectivity index (χ0) is 36.9. The standard InChI is InChI=1S/C38H55N5O8/c1-7-11-27(32(45)35(47)39-24-14-15-24)40-34(46)29-21-38(20-28(42-51-38)26-17-16-25(49-5)19-30(26)50-6)22-43(29)36(48)33(37(2,3)4)41-31(44)18-23-12-9-8-10-13-23/h16-17,19,23-24,27,29,33H,7-15,18,20-22H2,1-6H3,(H,39,47)(H,40,46)(H,41,44)/t27-,29-,33+,38+/m0/s1. The first-order chi connectivity index (χ1) is 24.3. The molecule has 4 atom stereocenters. The molecule has 13 nitrogen and oxygen atoms in total.